The van der Waals surface area contributed by atoms with Crippen molar-refractivity contribution in [3.05, 3.63) is 52.6 Å². The normalized spacial score (nSPS) is 11.4. The van der Waals surface area contributed by atoms with Gasteiger partial charge in [0.2, 0.25) is 0 Å². The molecule has 24 heavy (non-hydrogen) atoms. The summed E-state index contributed by atoms with van der Waals surface area (Å²) in [4.78, 5) is 4.97. The number of nitrogens with zero attached hydrogens (tertiary/aromatic N) is 2. The maximum Gasteiger partial charge on any atom is 0.141 e. The lowest BCUT2D eigenvalue weighted by Gasteiger charge is -2.11. The van der Waals surface area contributed by atoms with Crippen LogP contribution in [0.3, 0.4) is 0 Å². The maximum absolute atomic E-state index is 5.69. The number of aryl methyl sites for hydroxylation is 5. The van der Waals surface area contributed by atoms with Gasteiger partial charge in [0.05, 0.1) is 11.0 Å². The van der Waals surface area contributed by atoms with Crippen LogP contribution >= 0.6 is 0 Å². The molecule has 0 bridgehead atoms. The molecule has 2 N–H and O–H groups in total. The van der Waals surface area contributed by atoms with Gasteiger partial charge in [-0.25, -0.2) is 4.98 Å². The second kappa shape index (κ2) is 6.78. The highest BCUT2D eigenvalue weighted by Gasteiger charge is 2.14. The summed E-state index contributed by atoms with van der Waals surface area (Å²) in [6, 6.07) is 11.1. The van der Waals surface area contributed by atoms with Gasteiger partial charge in [0.25, 0.3) is 0 Å². The zero-order valence-corrected chi connectivity index (χ0v) is 15.2. The van der Waals surface area contributed by atoms with Crippen molar-refractivity contribution >= 4 is 11.0 Å². The monoisotopic (exact) mass is 321 g/mol. The molecule has 1 heterocycles. The Labute approximate surface area is 144 Å². The van der Waals surface area contributed by atoms with Crippen LogP contribution in [-0.4, -0.2) is 16.1 Å². The average molecular weight is 321 g/mol. The minimum atomic E-state index is 0.740. The predicted octanol–water partition coefficient (Wildman–Crippen LogP) is 4.68. The summed E-state index contributed by atoms with van der Waals surface area (Å²) in [6.45, 7) is 10.3. The highest BCUT2D eigenvalue weighted by atomic mass is 15.1. The van der Waals surface area contributed by atoms with E-state index in [-0.39, 0.29) is 0 Å². The quantitative estimate of drug-likeness (QED) is 0.694. The topological polar surface area (TPSA) is 43.8 Å². The standard InChI is InChI=1S/C21H27N3/c1-14-7-8-18(11-15(14)2)21-23-19-12-16(3)17(4)13-20(19)24(21)10-6-5-9-22/h7-8,11-13H,5-6,9-10,22H2,1-4H3. The molecule has 0 aliphatic carbocycles. The van der Waals surface area contributed by atoms with Crippen LogP contribution in [-0.2, 0) is 6.54 Å². The summed E-state index contributed by atoms with van der Waals surface area (Å²) in [5.41, 5.74) is 14.4. The molecule has 0 spiro atoms. The van der Waals surface area contributed by atoms with E-state index in [1.165, 1.54) is 33.3 Å². The van der Waals surface area contributed by atoms with Gasteiger partial charge in [-0.3, -0.25) is 0 Å². The number of nitrogens with two attached hydrogens (primary N) is 1. The van der Waals surface area contributed by atoms with Crippen molar-refractivity contribution in [3.63, 3.8) is 0 Å². The van der Waals surface area contributed by atoms with E-state index in [1.54, 1.807) is 0 Å². The maximum atomic E-state index is 5.69. The first-order valence-corrected chi connectivity index (χ1v) is 8.76. The molecule has 0 radical (unpaired) electrons. The molecule has 0 amide bonds. The van der Waals surface area contributed by atoms with E-state index in [1.807, 2.05) is 0 Å². The first-order chi connectivity index (χ1) is 11.5. The zero-order chi connectivity index (χ0) is 17.3. The third kappa shape index (κ3) is 3.09. The van der Waals surface area contributed by atoms with Gasteiger partial charge < -0.3 is 10.3 Å². The molecule has 3 rings (SSSR count). The lowest BCUT2D eigenvalue weighted by molar-refractivity contribution is 0.631. The van der Waals surface area contributed by atoms with Crippen molar-refractivity contribution in [1.29, 1.82) is 0 Å². The molecule has 0 fully saturated rings. The summed E-state index contributed by atoms with van der Waals surface area (Å²) in [6.07, 6.45) is 2.11. The number of fused-ring (bicyclic) bond motifs is 1. The fourth-order valence-electron chi connectivity index (χ4n) is 3.12. The lowest BCUT2D eigenvalue weighted by atomic mass is 10.1. The van der Waals surface area contributed by atoms with Crippen LogP contribution in [0.4, 0.5) is 0 Å². The fourth-order valence-corrected chi connectivity index (χ4v) is 3.12. The van der Waals surface area contributed by atoms with Gasteiger partial charge in [0.1, 0.15) is 5.82 Å². The van der Waals surface area contributed by atoms with Crippen molar-refractivity contribution in [2.75, 3.05) is 6.54 Å². The van der Waals surface area contributed by atoms with Crippen molar-refractivity contribution in [3.8, 4) is 11.4 Å². The van der Waals surface area contributed by atoms with E-state index in [0.29, 0.717) is 0 Å². The Bertz CT molecular complexity index is 874. The highest BCUT2D eigenvalue weighted by molar-refractivity contribution is 5.82. The van der Waals surface area contributed by atoms with E-state index < -0.39 is 0 Å². The minimum Gasteiger partial charge on any atom is -0.330 e. The molecule has 0 atom stereocenters. The number of aromatic nitrogens is 2. The molecule has 0 saturated carbocycles. The zero-order valence-electron chi connectivity index (χ0n) is 15.2. The van der Waals surface area contributed by atoms with Gasteiger partial charge in [-0.05, 0) is 87.5 Å². The fraction of sp³-hybridized carbons (Fsp3) is 0.381. The molecule has 2 aromatic carbocycles. The van der Waals surface area contributed by atoms with Crippen LogP contribution < -0.4 is 5.73 Å². The first-order valence-electron chi connectivity index (χ1n) is 8.76. The summed E-state index contributed by atoms with van der Waals surface area (Å²) in [5.74, 6) is 1.06. The Morgan fingerprint density at radius 1 is 0.875 bits per heavy atom. The molecule has 3 heteroatoms. The van der Waals surface area contributed by atoms with Crippen molar-refractivity contribution in [2.45, 2.75) is 47.1 Å². The van der Waals surface area contributed by atoms with Gasteiger partial charge >= 0.3 is 0 Å². The Hall–Kier alpha value is -2.13. The molecular formula is C21H27N3. The summed E-state index contributed by atoms with van der Waals surface area (Å²) in [7, 11) is 0. The van der Waals surface area contributed by atoms with Gasteiger partial charge in [0.15, 0.2) is 0 Å². The van der Waals surface area contributed by atoms with E-state index in [0.717, 1.165) is 37.3 Å². The Morgan fingerprint density at radius 2 is 1.58 bits per heavy atom. The van der Waals surface area contributed by atoms with Crippen LogP contribution in [0.25, 0.3) is 22.4 Å². The molecule has 1 aromatic heterocycles. The number of rotatable bonds is 5. The van der Waals surface area contributed by atoms with Gasteiger partial charge in [0, 0.05) is 12.1 Å². The second-order valence-corrected chi connectivity index (χ2v) is 6.81. The average Bonchev–Trinajstić information content (AvgIpc) is 2.89. The van der Waals surface area contributed by atoms with Crippen molar-refractivity contribution in [1.82, 2.24) is 9.55 Å². The van der Waals surface area contributed by atoms with E-state index in [9.17, 15) is 0 Å². The van der Waals surface area contributed by atoms with Gasteiger partial charge in [-0.2, -0.15) is 0 Å². The van der Waals surface area contributed by atoms with Crippen LogP contribution in [0.1, 0.15) is 35.1 Å². The smallest absolute Gasteiger partial charge is 0.141 e. The van der Waals surface area contributed by atoms with E-state index in [4.69, 9.17) is 10.7 Å². The second-order valence-electron chi connectivity index (χ2n) is 6.81. The molecule has 3 nitrogen and oxygen atoms in total. The van der Waals surface area contributed by atoms with Crippen LogP contribution in [0.5, 0.6) is 0 Å². The predicted molar refractivity (Wildman–Crippen MR) is 102 cm³/mol. The molecule has 126 valence electrons. The SMILES string of the molecule is Cc1ccc(-c2nc3cc(C)c(C)cc3n2CCCCN)cc1C. The van der Waals surface area contributed by atoms with Crippen LogP contribution in [0, 0.1) is 27.7 Å². The van der Waals surface area contributed by atoms with Crippen molar-refractivity contribution < 1.29 is 0 Å². The summed E-state index contributed by atoms with van der Waals surface area (Å²) in [5, 5.41) is 0. The minimum absolute atomic E-state index is 0.740. The van der Waals surface area contributed by atoms with E-state index in [2.05, 4.69) is 62.6 Å². The molecular weight excluding hydrogens is 294 g/mol. The molecule has 0 aliphatic heterocycles. The van der Waals surface area contributed by atoms with Crippen LogP contribution in [0.2, 0.25) is 0 Å². The van der Waals surface area contributed by atoms with E-state index >= 15 is 0 Å². The molecule has 0 saturated heterocycles. The molecule has 0 unspecified atom stereocenters. The van der Waals surface area contributed by atoms with Gasteiger partial charge in [-0.1, -0.05) is 12.1 Å². The number of imidazole rings is 1. The lowest BCUT2D eigenvalue weighted by Crippen LogP contribution is -2.05. The van der Waals surface area contributed by atoms with Crippen molar-refractivity contribution in [2.24, 2.45) is 5.73 Å². The largest absolute Gasteiger partial charge is 0.330 e. The van der Waals surface area contributed by atoms with Gasteiger partial charge in [-0.15, -0.1) is 0 Å². The number of hydrogen-bond acceptors (Lipinski definition) is 2. The third-order valence-electron chi connectivity index (χ3n) is 4.96. The molecule has 3 aromatic rings. The van der Waals surface area contributed by atoms with Crippen LogP contribution in [0.15, 0.2) is 30.3 Å². The number of hydrogen-bond donors (Lipinski definition) is 1. The number of unbranched alkanes of at least 4 members (excludes halogenated alkanes) is 1. The Kier molecular flexibility index (Phi) is 4.72. The summed E-state index contributed by atoms with van der Waals surface area (Å²) < 4.78 is 2.36. The molecule has 0 aliphatic rings. The first kappa shape index (κ1) is 16.7. The third-order valence-corrected chi connectivity index (χ3v) is 4.96. The Balaban J connectivity index is 2.17. The Morgan fingerprint density at radius 3 is 2.29 bits per heavy atom. The summed E-state index contributed by atoms with van der Waals surface area (Å²) >= 11 is 0. The number of benzene rings is 2. The highest BCUT2D eigenvalue weighted by Crippen LogP contribution is 2.28.